The fourth-order valence-electron chi connectivity index (χ4n) is 1.36. The summed E-state index contributed by atoms with van der Waals surface area (Å²) < 4.78 is 0. The summed E-state index contributed by atoms with van der Waals surface area (Å²) in [6.07, 6.45) is 8.67. The number of hydrogen-bond donors (Lipinski definition) is 1. The van der Waals surface area contributed by atoms with Crippen LogP contribution >= 0.6 is 23.2 Å². The number of nitrogens with one attached hydrogen (secondary N) is 1. The average molecular weight is 225 g/mol. The minimum Gasteiger partial charge on any atom is -0.361 e. The summed E-state index contributed by atoms with van der Waals surface area (Å²) in [5.41, 5.74) is 1.00. The van der Waals surface area contributed by atoms with Gasteiger partial charge in [-0.05, 0) is 23.9 Å². The van der Waals surface area contributed by atoms with Crippen molar-refractivity contribution in [3.8, 4) is 0 Å². The molecule has 3 heteroatoms. The molecule has 0 aliphatic carbocycles. The zero-order chi connectivity index (χ0) is 9.97. The van der Waals surface area contributed by atoms with Crippen LogP contribution in [0.3, 0.4) is 0 Å². The summed E-state index contributed by atoms with van der Waals surface area (Å²) in [5.74, 6) is 0.155. The van der Waals surface area contributed by atoms with Crippen LogP contribution in [0, 0.1) is 6.20 Å². The lowest BCUT2D eigenvalue weighted by Crippen LogP contribution is -2.04. The molecule has 1 unspecified atom stereocenters. The Bertz CT molecular complexity index is 384. The van der Waals surface area contributed by atoms with Crippen LogP contribution < -0.4 is 5.32 Å². The molecule has 1 heterocycles. The Morgan fingerprint density at radius 3 is 2.86 bits per heavy atom. The first-order valence-corrected chi connectivity index (χ1v) is 4.99. The van der Waals surface area contributed by atoms with E-state index in [1.807, 2.05) is 30.5 Å². The van der Waals surface area contributed by atoms with Gasteiger partial charge in [0.1, 0.15) is 0 Å². The van der Waals surface area contributed by atoms with Crippen molar-refractivity contribution < 1.29 is 0 Å². The number of benzene rings is 1. The predicted octanol–water partition coefficient (Wildman–Crippen LogP) is 3.51. The lowest BCUT2D eigenvalue weighted by atomic mass is 9.98. The SMILES string of the molecule is Clc1cccc(C2C=[C]NC=C2)c1Cl. The monoisotopic (exact) mass is 224 g/mol. The molecule has 1 radical (unpaired) electrons. The molecular weight excluding hydrogens is 217 g/mol. The van der Waals surface area contributed by atoms with E-state index in [0.717, 1.165) is 5.56 Å². The van der Waals surface area contributed by atoms with E-state index in [-0.39, 0.29) is 5.92 Å². The summed E-state index contributed by atoms with van der Waals surface area (Å²) in [6, 6.07) is 5.64. The molecule has 1 atom stereocenters. The van der Waals surface area contributed by atoms with Crippen molar-refractivity contribution in [3.63, 3.8) is 0 Å². The molecule has 14 heavy (non-hydrogen) atoms. The minimum atomic E-state index is 0.155. The van der Waals surface area contributed by atoms with Gasteiger partial charge in [-0.25, -0.2) is 0 Å². The van der Waals surface area contributed by atoms with E-state index in [9.17, 15) is 0 Å². The van der Waals surface area contributed by atoms with Crippen LogP contribution in [0.15, 0.2) is 36.6 Å². The maximum absolute atomic E-state index is 6.09. The molecule has 0 saturated heterocycles. The van der Waals surface area contributed by atoms with Gasteiger partial charge in [0.15, 0.2) is 0 Å². The van der Waals surface area contributed by atoms with Crippen molar-refractivity contribution in [1.29, 1.82) is 0 Å². The van der Waals surface area contributed by atoms with E-state index >= 15 is 0 Å². The molecule has 0 fully saturated rings. The molecule has 0 amide bonds. The van der Waals surface area contributed by atoms with Gasteiger partial charge in [-0.3, -0.25) is 0 Å². The second-order valence-corrected chi connectivity index (χ2v) is 3.77. The van der Waals surface area contributed by atoms with E-state index in [1.165, 1.54) is 0 Å². The van der Waals surface area contributed by atoms with Crippen molar-refractivity contribution in [2.45, 2.75) is 5.92 Å². The van der Waals surface area contributed by atoms with Gasteiger partial charge >= 0.3 is 0 Å². The second kappa shape index (κ2) is 4.07. The topological polar surface area (TPSA) is 12.0 Å². The highest BCUT2D eigenvalue weighted by atomic mass is 35.5. The van der Waals surface area contributed by atoms with Gasteiger partial charge in [-0.15, -0.1) is 0 Å². The third-order valence-corrected chi connectivity index (χ3v) is 2.91. The van der Waals surface area contributed by atoms with E-state index in [4.69, 9.17) is 23.2 Å². The number of halogens is 2. The molecule has 71 valence electrons. The Morgan fingerprint density at radius 1 is 1.29 bits per heavy atom. The van der Waals surface area contributed by atoms with Gasteiger partial charge in [-0.1, -0.05) is 41.4 Å². The Balaban J connectivity index is 2.40. The molecule has 1 aromatic carbocycles. The van der Waals surface area contributed by atoms with E-state index in [0.29, 0.717) is 10.0 Å². The van der Waals surface area contributed by atoms with Crippen molar-refractivity contribution in [1.82, 2.24) is 5.32 Å². The number of hydrogen-bond acceptors (Lipinski definition) is 1. The van der Waals surface area contributed by atoms with Gasteiger partial charge in [0.05, 0.1) is 16.2 Å². The van der Waals surface area contributed by atoms with Gasteiger partial charge in [0.2, 0.25) is 0 Å². The maximum atomic E-state index is 6.09. The van der Waals surface area contributed by atoms with E-state index < -0.39 is 0 Å². The Kier molecular flexibility index (Phi) is 2.80. The minimum absolute atomic E-state index is 0.155. The summed E-state index contributed by atoms with van der Waals surface area (Å²) in [4.78, 5) is 0. The lowest BCUT2D eigenvalue weighted by Gasteiger charge is -2.13. The van der Waals surface area contributed by atoms with Crippen LogP contribution in [0.1, 0.15) is 11.5 Å². The Labute approximate surface area is 93.0 Å². The normalized spacial score (nSPS) is 15.6. The molecule has 1 nitrogen and oxygen atoms in total. The summed E-state index contributed by atoms with van der Waals surface area (Å²) in [7, 11) is 0. The summed E-state index contributed by atoms with van der Waals surface area (Å²) >= 11 is 12.0. The molecular formula is C11H8Cl2N. The van der Waals surface area contributed by atoms with Gasteiger partial charge < -0.3 is 5.32 Å². The summed E-state index contributed by atoms with van der Waals surface area (Å²) in [6.45, 7) is 0. The van der Waals surface area contributed by atoms with Crippen molar-refractivity contribution in [3.05, 3.63) is 58.4 Å². The molecule has 0 saturated carbocycles. The molecule has 0 bridgehead atoms. The molecule has 2 rings (SSSR count). The third-order valence-electron chi connectivity index (χ3n) is 2.07. The molecule has 0 aromatic heterocycles. The van der Waals surface area contributed by atoms with Crippen molar-refractivity contribution in [2.24, 2.45) is 0 Å². The molecule has 1 N–H and O–H groups in total. The third kappa shape index (κ3) is 1.79. The van der Waals surface area contributed by atoms with Gasteiger partial charge in [0.25, 0.3) is 0 Å². The van der Waals surface area contributed by atoms with Crippen LogP contribution in [0.25, 0.3) is 0 Å². The van der Waals surface area contributed by atoms with Crippen LogP contribution in [-0.2, 0) is 0 Å². The van der Waals surface area contributed by atoms with Crippen LogP contribution in [-0.4, -0.2) is 0 Å². The van der Waals surface area contributed by atoms with E-state index in [2.05, 4.69) is 11.5 Å². The smallest absolute Gasteiger partial charge is 0.0633 e. The maximum Gasteiger partial charge on any atom is 0.0633 e. The molecule has 1 aliphatic heterocycles. The highest BCUT2D eigenvalue weighted by molar-refractivity contribution is 6.42. The Hall–Kier alpha value is -0.920. The lowest BCUT2D eigenvalue weighted by molar-refractivity contribution is 0.973. The van der Waals surface area contributed by atoms with Crippen LogP contribution in [0.2, 0.25) is 10.0 Å². The van der Waals surface area contributed by atoms with Gasteiger partial charge in [-0.2, -0.15) is 0 Å². The standard InChI is InChI=1S/C11H8Cl2N/c12-10-3-1-2-9(11(10)13)8-4-6-14-7-5-8/h1-6,8,14H. The first kappa shape index (κ1) is 9.63. The Morgan fingerprint density at radius 2 is 2.14 bits per heavy atom. The largest absolute Gasteiger partial charge is 0.361 e. The van der Waals surface area contributed by atoms with Crippen LogP contribution in [0.4, 0.5) is 0 Å². The zero-order valence-corrected chi connectivity index (χ0v) is 8.81. The predicted molar refractivity (Wildman–Crippen MR) is 59.3 cm³/mol. The van der Waals surface area contributed by atoms with E-state index in [1.54, 1.807) is 6.07 Å². The van der Waals surface area contributed by atoms with Crippen molar-refractivity contribution >= 4 is 23.2 Å². The summed E-state index contributed by atoms with van der Waals surface area (Å²) in [5, 5.41) is 4.06. The molecule has 0 spiro atoms. The average Bonchev–Trinajstić information content (AvgIpc) is 2.23. The first-order chi connectivity index (χ1) is 6.79. The highest BCUT2D eigenvalue weighted by Gasteiger charge is 2.12. The zero-order valence-electron chi connectivity index (χ0n) is 7.30. The second-order valence-electron chi connectivity index (χ2n) is 2.98. The molecule has 1 aliphatic rings. The molecule has 1 aromatic rings. The fraction of sp³-hybridized carbons (Fsp3) is 0.0909. The number of rotatable bonds is 1. The fourth-order valence-corrected chi connectivity index (χ4v) is 1.80. The van der Waals surface area contributed by atoms with Crippen LogP contribution in [0.5, 0.6) is 0 Å². The quantitative estimate of drug-likeness (QED) is 0.771. The van der Waals surface area contributed by atoms with Gasteiger partial charge in [0, 0.05) is 5.92 Å². The first-order valence-electron chi connectivity index (χ1n) is 4.24. The highest BCUT2D eigenvalue weighted by Crippen LogP contribution is 2.32. The number of dihydropyridines is 1. The number of allylic oxidation sites excluding steroid dienone is 2. The van der Waals surface area contributed by atoms with Crippen molar-refractivity contribution in [2.75, 3.05) is 0 Å².